The van der Waals surface area contributed by atoms with Crippen LogP contribution in [-0.4, -0.2) is 18.0 Å². The fraction of sp³-hybridized carbons (Fsp3) is 0.125. The first-order chi connectivity index (χ1) is 9.74. The Morgan fingerprint density at radius 3 is 2.90 bits per heavy atom. The molecule has 0 fully saturated rings. The van der Waals surface area contributed by atoms with Gasteiger partial charge in [0.25, 0.3) is 0 Å². The maximum Gasteiger partial charge on any atom is 0.188 e. The Bertz CT molecular complexity index is 754. The number of carbonyl (C=O) groups is 1. The van der Waals surface area contributed by atoms with E-state index in [2.05, 4.69) is 26.2 Å². The summed E-state index contributed by atoms with van der Waals surface area (Å²) in [6.07, 6.45) is 1.88. The van der Waals surface area contributed by atoms with E-state index in [1.807, 2.05) is 48.7 Å². The number of Topliss-reactive ketones (excluding diaryl/α,β-unsaturated/α-hetero) is 1. The summed E-state index contributed by atoms with van der Waals surface area (Å²) in [7, 11) is 0. The molecule has 98 valence electrons. The van der Waals surface area contributed by atoms with Crippen molar-refractivity contribution in [1.82, 2.24) is 0 Å². The van der Waals surface area contributed by atoms with Gasteiger partial charge in [-0.25, -0.2) is 0 Å². The molecule has 0 aliphatic carbocycles. The first-order valence-corrected chi connectivity index (χ1v) is 7.27. The van der Waals surface area contributed by atoms with E-state index in [0.29, 0.717) is 0 Å². The minimum absolute atomic E-state index is 0.00451. The van der Waals surface area contributed by atoms with Gasteiger partial charge >= 0.3 is 0 Å². The van der Waals surface area contributed by atoms with Gasteiger partial charge in [-0.2, -0.15) is 0 Å². The molecular formula is C16H11BrN2O. The molecular weight excluding hydrogens is 316 g/mol. The Balaban J connectivity index is 1.74. The highest BCUT2D eigenvalue weighted by Gasteiger charge is 2.38. The Hall–Kier alpha value is -1.94. The lowest BCUT2D eigenvalue weighted by Gasteiger charge is -2.16. The molecule has 0 saturated heterocycles. The molecule has 0 spiro atoms. The maximum atomic E-state index is 12.6. The average molecular weight is 327 g/mol. The van der Waals surface area contributed by atoms with Crippen molar-refractivity contribution in [2.45, 2.75) is 12.0 Å². The quantitative estimate of drug-likeness (QED) is 0.862. The van der Waals surface area contributed by atoms with E-state index in [-0.39, 0.29) is 17.7 Å². The molecule has 0 radical (unpaired) electrons. The van der Waals surface area contributed by atoms with Gasteiger partial charge in [0, 0.05) is 27.9 Å². The van der Waals surface area contributed by atoms with Gasteiger partial charge in [-0.1, -0.05) is 34.1 Å². The molecule has 2 heterocycles. The van der Waals surface area contributed by atoms with Crippen molar-refractivity contribution < 1.29 is 4.79 Å². The predicted molar refractivity (Wildman–Crippen MR) is 83.2 cm³/mol. The molecule has 1 N–H and O–H groups in total. The summed E-state index contributed by atoms with van der Waals surface area (Å²) >= 11 is 3.42. The number of nitrogens with zero attached hydrogens (tertiary/aromatic N) is 1. The van der Waals surface area contributed by atoms with E-state index in [1.165, 1.54) is 0 Å². The first-order valence-electron chi connectivity index (χ1n) is 6.47. The lowest BCUT2D eigenvalue weighted by Crippen LogP contribution is -2.30. The van der Waals surface area contributed by atoms with Crippen LogP contribution in [0.1, 0.15) is 21.8 Å². The molecule has 4 heteroatoms. The topological polar surface area (TPSA) is 41.5 Å². The summed E-state index contributed by atoms with van der Waals surface area (Å²) in [4.78, 5) is 17.0. The Morgan fingerprint density at radius 2 is 2.00 bits per heavy atom. The summed E-state index contributed by atoms with van der Waals surface area (Å²) in [6, 6.07) is 13.5. The molecule has 2 unspecified atom stereocenters. The molecule has 2 aromatic rings. The van der Waals surface area contributed by atoms with Crippen LogP contribution in [0.2, 0.25) is 0 Å². The van der Waals surface area contributed by atoms with Crippen LogP contribution in [0.3, 0.4) is 0 Å². The summed E-state index contributed by atoms with van der Waals surface area (Å²) in [5.41, 5.74) is 3.73. The number of hydrogen-bond acceptors (Lipinski definition) is 3. The third-order valence-electron chi connectivity index (χ3n) is 3.87. The zero-order chi connectivity index (χ0) is 13.7. The predicted octanol–water partition coefficient (Wildman–Crippen LogP) is 3.93. The normalized spacial score (nSPS) is 22.6. The molecule has 0 amide bonds. The molecule has 2 aliphatic heterocycles. The zero-order valence-electron chi connectivity index (χ0n) is 10.5. The minimum Gasteiger partial charge on any atom is -0.374 e. The van der Waals surface area contributed by atoms with Crippen LogP contribution in [-0.2, 0) is 0 Å². The number of anilines is 1. The van der Waals surface area contributed by atoms with Crippen molar-refractivity contribution in [2.75, 3.05) is 5.32 Å². The van der Waals surface area contributed by atoms with Gasteiger partial charge in [0.1, 0.15) is 6.04 Å². The second-order valence-electron chi connectivity index (χ2n) is 5.04. The van der Waals surface area contributed by atoms with Crippen molar-refractivity contribution in [3.05, 3.63) is 58.1 Å². The highest BCUT2D eigenvalue weighted by atomic mass is 79.9. The molecule has 4 rings (SSSR count). The Kier molecular flexibility index (Phi) is 2.54. The molecule has 0 saturated carbocycles. The molecule has 2 aromatic carbocycles. The van der Waals surface area contributed by atoms with Crippen molar-refractivity contribution in [2.24, 2.45) is 4.99 Å². The first kappa shape index (κ1) is 11.9. The number of fused-ring (bicyclic) bond motifs is 2. The van der Waals surface area contributed by atoms with Gasteiger partial charge in [0.15, 0.2) is 5.78 Å². The van der Waals surface area contributed by atoms with Gasteiger partial charge < -0.3 is 5.32 Å². The van der Waals surface area contributed by atoms with Crippen molar-refractivity contribution in [3.8, 4) is 0 Å². The Labute approximate surface area is 124 Å². The highest BCUT2D eigenvalue weighted by molar-refractivity contribution is 9.10. The lowest BCUT2D eigenvalue weighted by molar-refractivity contribution is 0.0977. The third kappa shape index (κ3) is 1.64. The second-order valence-corrected chi connectivity index (χ2v) is 5.95. The smallest absolute Gasteiger partial charge is 0.188 e. The van der Waals surface area contributed by atoms with Crippen molar-refractivity contribution >= 4 is 39.3 Å². The molecule has 2 aliphatic rings. The standard InChI is InChI=1S/C16H11BrN2O/c17-9-5-6-14-11(7-9)16(20)15(19-14)12-8-18-13-4-2-1-3-10(12)13/h1-8,12,15,19H. The zero-order valence-corrected chi connectivity index (χ0v) is 12.1. The van der Waals surface area contributed by atoms with Crippen LogP contribution in [0.4, 0.5) is 11.4 Å². The van der Waals surface area contributed by atoms with Crippen LogP contribution < -0.4 is 5.32 Å². The molecule has 3 nitrogen and oxygen atoms in total. The van der Waals surface area contributed by atoms with Crippen LogP contribution in [0.5, 0.6) is 0 Å². The summed E-state index contributed by atoms with van der Waals surface area (Å²) in [6.45, 7) is 0. The van der Waals surface area contributed by atoms with Crippen LogP contribution >= 0.6 is 15.9 Å². The summed E-state index contributed by atoms with van der Waals surface area (Å²) in [5, 5.41) is 3.33. The van der Waals surface area contributed by atoms with E-state index >= 15 is 0 Å². The lowest BCUT2D eigenvalue weighted by atomic mass is 9.91. The van der Waals surface area contributed by atoms with Crippen LogP contribution in [0.15, 0.2) is 51.9 Å². The number of nitrogens with one attached hydrogen (secondary N) is 1. The number of hydrogen-bond donors (Lipinski definition) is 1. The maximum absolute atomic E-state index is 12.6. The monoisotopic (exact) mass is 326 g/mol. The van der Waals surface area contributed by atoms with E-state index in [4.69, 9.17) is 0 Å². The fourth-order valence-electron chi connectivity index (χ4n) is 2.89. The molecule has 20 heavy (non-hydrogen) atoms. The Morgan fingerprint density at radius 1 is 1.15 bits per heavy atom. The summed E-state index contributed by atoms with van der Waals surface area (Å²) < 4.78 is 0.924. The molecule has 2 atom stereocenters. The largest absolute Gasteiger partial charge is 0.374 e. The SMILES string of the molecule is O=C1c2cc(Br)ccc2NC1C1C=Nc2ccccc21. The van der Waals surface area contributed by atoms with E-state index in [0.717, 1.165) is 27.0 Å². The number of ketones is 1. The van der Waals surface area contributed by atoms with Crippen molar-refractivity contribution in [1.29, 1.82) is 0 Å². The van der Waals surface area contributed by atoms with Gasteiger partial charge in [-0.3, -0.25) is 9.79 Å². The molecule has 0 bridgehead atoms. The highest BCUT2D eigenvalue weighted by Crippen LogP contribution is 2.39. The third-order valence-corrected chi connectivity index (χ3v) is 4.36. The van der Waals surface area contributed by atoms with Gasteiger partial charge in [-0.05, 0) is 29.8 Å². The van der Waals surface area contributed by atoms with Gasteiger partial charge in [0.2, 0.25) is 0 Å². The number of benzene rings is 2. The number of halogens is 1. The number of para-hydroxylation sites is 1. The minimum atomic E-state index is -0.258. The van der Waals surface area contributed by atoms with Crippen LogP contribution in [0, 0.1) is 0 Å². The summed E-state index contributed by atoms with van der Waals surface area (Å²) in [5.74, 6) is 0.138. The number of rotatable bonds is 1. The fourth-order valence-corrected chi connectivity index (χ4v) is 3.25. The van der Waals surface area contributed by atoms with Gasteiger partial charge in [-0.15, -0.1) is 0 Å². The van der Waals surface area contributed by atoms with E-state index in [9.17, 15) is 4.79 Å². The second kappa shape index (κ2) is 4.28. The average Bonchev–Trinajstić information content (AvgIpc) is 3.01. The van der Waals surface area contributed by atoms with Gasteiger partial charge in [0.05, 0.1) is 5.69 Å². The van der Waals surface area contributed by atoms with Crippen LogP contribution in [0.25, 0.3) is 0 Å². The van der Waals surface area contributed by atoms with E-state index in [1.54, 1.807) is 0 Å². The van der Waals surface area contributed by atoms with E-state index < -0.39 is 0 Å². The molecule has 0 aromatic heterocycles. The van der Waals surface area contributed by atoms with Crippen molar-refractivity contribution in [3.63, 3.8) is 0 Å². The number of aliphatic imine (C=N–C) groups is 1. The number of carbonyl (C=O) groups excluding carboxylic acids is 1.